The van der Waals surface area contributed by atoms with Crippen LogP contribution in [0, 0.1) is 5.82 Å². The van der Waals surface area contributed by atoms with Crippen molar-refractivity contribution in [2.75, 3.05) is 26.8 Å². The molecule has 0 aliphatic rings. The Morgan fingerprint density at radius 2 is 2.19 bits per heavy atom. The first-order valence-electron chi connectivity index (χ1n) is 5.37. The van der Waals surface area contributed by atoms with Crippen LogP contribution in [0.1, 0.15) is 12.0 Å². The van der Waals surface area contributed by atoms with E-state index in [0.29, 0.717) is 0 Å². The molecule has 0 heterocycles. The van der Waals surface area contributed by atoms with E-state index in [9.17, 15) is 4.39 Å². The molecular formula is C12H17BrFNO. The fourth-order valence-corrected chi connectivity index (χ4v) is 1.98. The zero-order valence-corrected chi connectivity index (χ0v) is 11.0. The Bertz CT molecular complexity index is 320. The van der Waals surface area contributed by atoms with Crippen molar-refractivity contribution >= 4 is 15.9 Å². The Morgan fingerprint density at radius 3 is 2.88 bits per heavy atom. The van der Waals surface area contributed by atoms with E-state index in [-0.39, 0.29) is 5.82 Å². The van der Waals surface area contributed by atoms with Crippen LogP contribution in [0.2, 0.25) is 0 Å². The van der Waals surface area contributed by atoms with Crippen molar-refractivity contribution in [3.63, 3.8) is 0 Å². The largest absolute Gasteiger partial charge is 0.383 e. The number of methoxy groups -OCH3 is 1. The summed E-state index contributed by atoms with van der Waals surface area (Å²) in [7, 11) is 1.69. The van der Waals surface area contributed by atoms with Gasteiger partial charge in [-0.15, -0.1) is 0 Å². The summed E-state index contributed by atoms with van der Waals surface area (Å²) < 4.78 is 18.6. The first-order chi connectivity index (χ1) is 7.74. The lowest BCUT2D eigenvalue weighted by molar-refractivity contribution is 0.199. The lowest BCUT2D eigenvalue weighted by Crippen LogP contribution is -2.20. The number of hydrogen-bond acceptors (Lipinski definition) is 2. The second-order valence-corrected chi connectivity index (χ2v) is 4.44. The van der Waals surface area contributed by atoms with E-state index in [0.717, 1.165) is 42.6 Å². The summed E-state index contributed by atoms with van der Waals surface area (Å²) in [5.41, 5.74) is 1.15. The van der Waals surface area contributed by atoms with Crippen molar-refractivity contribution in [2.24, 2.45) is 0 Å². The number of aryl methyl sites for hydroxylation is 1. The van der Waals surface area contributed by atoms with Gasteiger partial charge in [-0.2, -0.15) is 0 Å². The maximum atomic E-state index is 12.8. The molecule has 0 aliphatic heterocycles. The van der Waals surface area contributed by atoms with E-state index in [1.165, 1.54) is 12.1 Å². The van der Waals surface area contributed by atoms with Gasteiger partial charge in [0.1, 0.15) is 5.82 Å². The lowest BCUT2D eigenvalue weighted by atomic mass is 10.1. The molecule has 16 heavy (non-hydrogen) atoms. The van der Waals surface area contributed by atoms with Crippen molar-refractivity contribution in [3.05, 3.63) is 34.1 Å². The SMILES string of the molecule is COCCNCCCc1ccc(F)cc1Br. The summed E-state index contributed by atoms with van der Waals surface area (Å²) in [4.78, 5) is 0. The van der Waals surface area contributed by atoms with Gasteiger partial charge in [0.15, 0.2) is 0 Å². The van der Waals surface area contributed by atoms with Gasteiger partial charge in [0, 0.05) is 18.1 Å². The summed E-state index contributed by atoms with van der Waals surface area (Å²) in [6.45, 7) is 2.56. The third-order valence-corrected chi connectivity index (χ3v) is 3.04. The summed E-state index contributed by atoms with van der Waals surface area (Å²) in [5.74, 6) is -0.200. The average molecular weight is 290 g/mol. The van der Waals surface area contributed by atoms with Gasteiger partial charge < -0.3 is 10.1 Å². The molecule has 0 fully saturated rings. The Balaban J connectivity index is 2.21. The summed E-state index contributed by atoms with van der Waals surface area (Å²) in [6, 6.07) is 4.83. The van der Waals surface area contributed by atoms with Gasteiger partial charge in [-0.25, -0.2) is 4.39 Å². The maximum absolute atomic E-state index is 12.8. The topological polar surface area (TPSA) is 21.3 Å². The molecule has 1 N–H and O–H groups in total. The summed E-state index contributed by atoms with van der Waals surface area (Å²) in [5, 5.41) is 3.27. The van der Waals surface area contributed by atoms with Crippen LogP contribution in [0.3, 0.4) is 0 Å². The summed E-state index contributed by atoms with van der Waals surface area (Å²) in [6.07, 6.45) is 1.98. The van der Waals surface area contributed by atoms with Gasteiger partial charge in [0.25, 0.3) is 0 Å². The smallest absolute Gasteiger partial charge is 0.124 e. The van der Waals surface area contributed by atoms with E-state index in [1.54, 1.807) is 7.11 Å². The van der Waals surface area contributed by atoms with Crippen molar-refractivity contribution in [1.82, 2.24) is 5.32 Å². The quantitative estimate of drug-likeness (QED) is 0.780. The van der Waals surface area contributed by atoms with Crippen LogP contribution >= 0.6 is 15.9 Å². The van der Waals surface area contributed by atoms with Crippen molar-refractivity contribution in [2.45, 2.75) is 12.8 Å². The molecule has 0 radical (unpaired) electrons. The number of ether oxygens (including phenoxy) is 1. The molecular weight excluding hydrogens is 273 g/mol. The van der Waals surface area contributed by atoms with Crippen LogP contribution in [0.4, 0.5) is 4.39 Å². The van der Waals surface area contributed by atoms with Crippen LogP contribution in [0.5, 0.6) is 0 Å². The van der Waals surface area contributed by atoms with Crippen molar-refractivity contribution in [1.29, 1.82) is 0 Å². The number of hydrogen-bond donors (Lipinski definition) is 1. The van der Waals surface area contributed by atoms with Crippen molar-refractivity contribution < 1.29 is 9.13 Å². The Kier molecular flexibility index (Phi) is 6.61. The molecule has 2 nitrogen and oxygen atoms in total. The molecule has 0 unspecified atom stereocenters. The monoisotopic (exact) mass is 289 g/mol. The minimum Gasteiger partial charge on any atom is -0.383 e. The number of rotatable bonds is 7. The molecule has 90 valence electrons. The third-order valence-electron chi connectivity index (χ3n) is 2.30. The average Bonchev–Trinajstić information content (AvgIpc) is 2.26. The Morgan fingerprint density at radius 1 is 1.38 bits per heavy atom. The molecule has 0 saturated heterocycles. The van der Waals surface area contributed by atoms with Crippen LogP contribution in [-0.2, 0) is 11.2 Å². The van der Waals surface area contributed by atoms with Gasteiger partial charge >= 0.3 is 0 Å². The Hall–Kier alpha value is -0.450. The first kappa shape index (κ1) is 13.6. The predicted octanol–water partition coefficient (Wildman–Crippen LogP) is 2.76. The normalized spacial score (nSPS) is 10.7. The van der Waals surface area contributed by atoms with Gasteiger partial charge in [0.05, 0.1) is 6.61 Å². The molecule has 0 saturated carbocycles. The minimum absolute atomic E-state index is 0.200. The standard InChI is InChI=1S/C12H17BrFNO/c1-16-8-7-15-6-2-3-10-4-5-11(14)9-12(10)13/h4-5,9,15H,2-3,6-8H2,1H3. The number of benzene rings is 1. The highest BCUT2D eigenvalue weighted by Gasteiger charge is 2.00. The third kappa shape index (κ3) is 5.05. The molecule has 1 aromatic carbocycles. The molecule has 0 atom stereocenters. The highest BCUT2D eigenvalue weighted by Crippen LogP contribution is 2.19. The zero-order chi connectivity index (χ0) is 11.8. The maximum Gasteiger partial charge on any atom is 0.124 e. The predicted molar refractivity (Wildman–Crippen MR) is 67.2 cm³/mol. The van der Waals surface area contributed by atoms with Gasteiger partial charge in [0.2, 0.25) is 0 Å². The zero-order valence-electron chi connectivity index (χ0n) is 9.43. The molecule has 0 aliphatic carbocycles. The molecule has 1 aromatic rings. The van der Waals surface area contributed by atoms with Gasteiger partial charge in [-0.05, 0) is 37.1 Å². The molecule has 0 aromatic heterocycles. The Labute approximate surface area is 104 Å². The van der Waals surface area contributed by atoms with Crippen LogP contribution < -0.4 is 5.32 Å². The lowest BCUT2D eigenvalue weighted by Gasteiger charge is -2.06. The fraction of sp³-hybridized carbons (Fsp3) is 0.500. The van der Waals surface area contributed by atoms with Crippen LogP contribution in [0.15, 0.2) is 22.7 Å². The van der Waals surface area contributed by atoms with Crippen molar-refractivity contribution in [3.8, 4) is 0 Å². The second-order valence-electron chi connectivity index (χ2n) is 3.58. The molecule has 4 heteroatoms. The highest BCUT2D eigenvalue weighted by atomic mass is 79.9. The fourth-order valence-electron chi connectivity index (χ4n) is 1.43. The highest BCUT2D eigenvalue weighted by molar-refractivity contribution is 9.10. The molecule has 1 rings (SSSR count). The molecule has 0 bridgehead atoms. The molecule has 0 spiro atoms. The number of nitrogens with one attached hydrogen (secondary N) is 1. The van der Waals surface area contributed by atoms with E-state index in [1.807, 2.05) is 6.07 Å². The van der Waals surface area contributed by atoms with E-state index >= 15 is 0 Å². The van der Waals surface area contributed by atoms with Gasteiger partial charge in [-0.3, -0.25) is 0 Å². The van der Waals surface area contributed by atoms with E-state index < -0.39 is 0 Å². The number of halogens is 2. The van der Waals surface area contributed by atoms with Crippen LogP contribution in [-0.4, -0.2) is 26.8 Å². The van der Waals surface area contributed by atoms with Crippen LogP contribution in [0.25, 0.3) is 0 Å². The molecule has 0 amide bonds. The van der Waals surface area contributed by atoms with Gasteiger partial charge in [-0.1, -0.05) is 22.0 Å². The summed E-state index contributed by atoms with van der Waals surface area (Å²) >= 11 is 3.36. The first-order valence-corrected chi connectivity index (χ1v) is 6.17. The minimum atomic E-state index is -0.200. The second kappa shape index (κ2) is 7.76. The van der Waals surface area contributed by atoms with E-state index in [4.69, 9.17) is 4.74 Å². The van der Waals surface area contributed by atoms with E-state index in [2.05, 4.69) is 21.2 Å².